The third kappa shape index (κ3) is 4.18. The number of rotatable bonds is 6. The largest absolute Gasteiger partial charge is 0.496 e. The molecule has 0 bridgehead atoms. The Kier molecular flexibility index (Phi) is 5.97. The first-order valence-electron chi connectivity index (χ1n) is 6.46. The van der Waals surface area contributed by atoms with Gasteiger partial charge in [-0.05, 0) is 36.8 Å². The van der Waals surface area contributed by atoms with E-state index in [0.717, 1.165) is 6.42 Å². The van der Waals surface area contributed by atoms with Gasteiger partial charge in [-0.25, -0.2) is 0 Å². The van der Waals surface area contributed by atoms with Crippen molar-refractivity contribution in [3.8, 4) is 5.75 Å². The predicted octanol–water partition coefficient (Wildman–Crippen LogP) is 4.45. The minimum atomic E-state index is -0.567. The van der Waals surface area contributed by atoms with Gasteiger partial charge in [0.2, 0.25) is 0 Å². The van der Waals surface area contributed by atoms with Crippen LogP contribution in [0.25, 0.3) is 0 Å². The van der Waals surface area contributed by atoms with E-state index < -0.39 is 6.10 Å². The van der Waals surface area contributed by atoms with E-state index in [1.165, 1.54) is 0 Å². The van der Waals surface area contributed by atoms with Crippen molar-refractivity contribution in [2.24, 2.45) is 11.8 Å². The summed E-state index contributed by atoms with van der Waals surface area (Å²) in [6.07, 6.45) is 1.24. The molecule has 0 aliphatic rings. The average molecular weight is 271 g/mol. The molecule has 0 saturated carbocycles. The molecular formula is C15H23ClO2. The maximum Gasteiger partial charge on any atom is 0.126 e. The fourth-order valence-corrected chi connectivity index (χ4v) is 2.71. The van der Waals surface area contributed by atoms with Gasteiger partial charge >= 0.3 is 0 Å². The molecule has 2 unspecified atom stereocenters. The number of aliphatic hydroxyl groups excluding tert-OH is 1. The molecule has 0 fully saturated rings. The Bertz CT molecular complexity index is 377. The van der Waals surface area contributed by atoms with Crippen LogP contribution in [0.3, 0.4) is 0 Å². The molecule has 0 aliphatic carbocycles. The molecule has 1 aromatic carbocycles. The molecule has 3 heteroatoms. The summed E-state index contributed by atoms with van der Waals surface area (Å²) >= 11 is 6.15. The summed E-state index contributed by atoms with van der Waals surface area (Å²) in [6.45, 7) is 6.55. The van der Waals surface area contributed by atoms with Crippen molar-refractivity contribution in [2.45, 2.75) is 39.7 Å². The number of halogens is 1. The first-order valence-corrected chi connectivity index (χ1v) is 6.84. The summed E-state index contributed by atoms with van der Waals surface area (Å²) in [7, 11) is 1.60. The molecule has 2 nitrogen and oxygen atoms in total. The highest BCUT2D eigenvalue weighted by molar-refractivity contribution is 6.31. The number of hydrogen-bond donors (Lipinski definition) is 1. The van der Waals surface area contributed by atoms with Crippen LogP contribution in [0.1, 0.15) is 45.3 Å². The zero-order valence-electron chi connectivity index (χ0n) is 11.6. The van der Waals surface area contributed by atoms with E-state index in [4.69, 9.17) is 16.3 Å². The highest BCUT2D eigenvalue weighted by Crippen LogP contribution is 2.35. The Labute approximate surface area is 115 Å². The molecule has 0 aromatic heterocycles. The quantitative estimate of drug-likeness (QED) is 0.827. The van der Waals surface area contributed by atoms with Crippen LogP contribution >= 0.6 is 11.6 Å². The van der Waals surface area contributed by atoms with E-state index >= 15 is 0 Å². The van der Waals surface area contributed by atoms with E-state index in [2.05, 4.69) is 20.8 Å². The van der Waals surface area contributed by atoms with Gasteiger partial charge in [-0.15, -0.1) is 0 Å². The number of benzene rings is 1. The zero-order chi connectivity index (χ0) is 13.7. The van der Waals surface area contributed by atoms with Crippen molar-refractivity contribution in [3.63, 3.8) is 0 Å². The van der Waals surface area contributed by atoms with Gasteiger partial charge in [0.25, 0.3) is 0 Å². The van der Waals surface area contributed by atoms with Gasteiger partial charge in [0, 0.05) is 5.56 Å². The molecule has 1 aromatic rings. The predicted molar refractivity (Wildman–Crippen MR) is 76.2 cm³/mol. The maximum atomic E-state index is 10.3. The molecule has 0 aliphatic heterocycles. The van der Waals surface area contributed by atoms with Crippen molar-refractivity contribution in [3.05, 3.63) is 28.8 Å². The molecule has 1 rings (SSSR count). The second-order valence-corrected chi connectivity index (χ2v) is 5.75. The molecular weight excluding hydrogens is 248 g/mol. The lowest BCUT2D eigenvalue weighted by atomic mass is 9.91. The lowest BCUT2D eigenvalue weighted by Gasteiger charge is -2.20. The first kappa shape index (κ1) is 15.3. The van der Waals surface area contributed by atoms with Crippen LogP contribution < -0.4 is 4.74 Å². The van der Waals surface area contributed by atoms with E-state index in [9.17, 15) is 5.11 Å². The summed E-state index contributed by atoms with van der Waals surface area (Å²) in [5.41, 5.74) is 0.706. The van der Waals surface area contributed by atoms with Gasteiger partial charge in [-0.2, -0.15) is 0 Å². The Morgan fingerprint density at radius 1 is 1.22 bits per heavy atom. The highest BCUT2D eigenvalue weighted by atomic mass is 35.5. The number of methoxy groups -OCH3 is 1. The van der Waals surface area contributed by atoms with Crippen LogP contribution in [-0.2, 0) is 0 Å². The Morgan fingerprint density at radius 3 is 2.44 bits per heavy atom. The van der Waals surface area contributed by atoms with Crippen molar-refractivity contribution in [1.29, 1.82) is 0 Å². The van der Waals surface area contributed by atoms with Crippen LogP contribution in [0.15, 0.2) is 18.2 Å². The lowest BCUT2D eigenvalue weighted by molar-refractivity contribution is 0.138. The van der Waals surface area contributed by atoms with Gasteiger partial charge < -0.3 is 9.84 Å². The minimum absolute atomic E-state index is 0.459. The van der Waals surface area contributed by atoms with Crippen molar-refractivity contribution < 1.29 is 9.84 Å². The molecule has 18 heavy (non-hydrogen) atoms. The lowest BCUT2D eigenvalue weighted by Crippen LogP contribution is -2.08. The van der Waals surface area contributed by atoms with E-state index in [0.29, 0.717) is 34.6 Å². The van der Waals surface area contributed by atoms with E-state index in [1.807, 2.05) is 12.1 Å². The van der Waals surface area contributed by atoms with Crippen molar-refractivity contribution in [1.82, 2.24) is 0 Å². The second-order valence-electron chi connectivity index (χ2n) is 5.34. The van der Waals surface area contributed by atoms with Crippen LogP contribution in [0.5, 0.6) is 5.75 Å². The number of aliphatic hydroxyl groups is 1. The molecule has 0 spiro atoms. The summed E-state index contributed by atoms with van der Waals surface area (Å²) in [6, 6.07) is 5.45. The molecule has 0 heterocycles. The first-order chi connectivity index (χ1) is 8.45. The standard InChI is InChI=1S/C15H23ClO2/c1-10(2)8-11(3)9-13(17)15-12(16)6-5-7-14(15)18-4/h5-7,10-11,13,17H,8-9H2,1-4H3. The van der Waals surface area contributed by atoms with Crippen LogP contribution in [-0.4, -0.2) is 12.2 Å². The smallest absolute Gasteiger partial charge is 0.126 e. The molecule has 2 atom stereocenters. The fraction of sp³-hybridized carbons (Fsp3) is 0.600. The van der Waals surface area contributed by atoms with Gasteiger partial charge in [-0.1, -0.05) is 38.4 Å². The molecule has 102 valence electrons. The molecule has 0 saturated heterocycles. The van der Waals surface area contributed by atoms with Crippen molar-refractivity contribution >= 4 is 11.6 Å². The third-order valence-corrected chi connectivity index (χ3v) is 3.40. The van der Waals surface area contributed by atoms with E-state index in [-0.39, 0.29) is 0 Å². The third-order valence-electron chi connectivity index (χ3n) is 3.07. The Balaban J connectivity index is 2.80. The fourth-order valence-electron chi connectivity index (χ4n) is 2.42. The van der Waals surface area contributed by atoms with E-state index in [1.54, 1.807) is 13.2 Å². The van der Waals surface area contributed by atoms with Crippen LogP contribution in [0.4, 0.5) is 0 Å². The molecule has 0 amide bonds. The maximum absolute atomic E-state index is 10.3. The highest BCUT2D eigenvalue weighted by Gasteiger charge is 2.19. The SMILES string of the molecule is COc1cccc(Cl)c1C(O)CC(C)CC(C)C. The topological polar surface area (TPSA) is 29.5 Å². The van der Waals surface area contributed by atoms with Gasteiger partial charge in [0.15, 0.2) is 0 Å². The van der Waals surface area contributed by atoms with Gasteiger partial charge in [0.05, 0.1) is 18.2 Å². The van der Waals surface area contributed by atoms with Crippen molar-refractivity contribution in [2.75, 3.05) is 7.11 Å². The Hall–Kier alpha value is -0.730. The summed E-state index contributed by atoms with van der Waals surface area (Å²) in [5.74, 6) is 1.76. The van der Waals surface area contributed by atoms with Crippen LogP contribution in [0.2, 0.25) is 5.02 Å². The number of hydrogen-bond acceptors (Lipinski definition) is 2. The minimum Gasteiger partial charge on any atom is -0.496 e. The van der Waals surface area contributed by atoms with Gasteiger partial charge in [-0.3, -0.25) is 0 Å². The van der Waals surface area contributed by atoms with Crippen LogP contribution in [0, 0.1) is 11.8 Å². The summed E-state index contributed by atoms with van der Waals surface area (Å²) in [4.78, 5) is 0. The average Bonchev–Trinajstić information content (AvgIpc) is 2.26. The summed E-state index contributed by atoms with van der Waals surface area (Å²) < 4.78 is 5.27. The molecule has 1 N–H and O–H groups in total. The number of ether oxygens (including phenoxy) is 1. The summed E-state index contributed by atoms with van der Waals surface area (Å²) in [5, 5.41) is 10.9. The van der Waals surface area contributed by atoms with Gasteiger partial charge in [0.1, 0.15) is 5.75 Å². The zero-order valence-corrected chi connectivity index (χ0v) is 12.4. The molecule has 0 radical (unpaired) electrons. The normalized spacial score (nSPS) is 14.6. The monoisotopic (exact) mass is 270 g/mol. The second kappa shape index (κ2) is 7.01. The Morgan fingerprint density at radius 2 is 1.89 bits per heavy atom.